The molecule has 1 spiro atoms. The van der Waals surface area contributed by atoms with Crippen molar-refractivity contribution in [3.8, 4) is 0 Å². The van der Waals surface area contributed by atoms with Gasteiger partial charge in [-0.1, -0.05) is 31.1 Å². The molecular weight excluding hydrogens is 364 g/mol. The molecule has 3 unspecified atom stereocenters. The van der Waals surface area contributed by atoms with E-state index >= 15 is 0 Å². The van der Waals surface area contributed by atoms with E-state index < -0.39 is 0 Å². The fraction of sp³-hybridized carbons (Fsp3) is 0.640. The summed E-state index contributed by atoms with van der Waals surface area (Å²) in [6, 6.07) is 0. The van der Waals surface area contributed by atoms with Gasteiger partial charge >= 0.3 is 5.97 Å². The molecule has 0 bridgehead atoms. The Morgan fingerprint density at radius 2 is 1.93 bits per heavy atom. The van der Waals surface area contributed by atoms with Gasteiger partial charge in [0, 0.05) is 18.3 Å². The van der Waals surface area contributed by atoms with Crippen molar-refractivity contribution in [2.75, 3.05) is 7.11 Å². The normalized spacial score (nSPS) is 40.6. The van der Waals surface area contributed by atoms with Crippen molar-refractivity contribution >= 4 is 17.5 Å². The van der Waals surface area contributed by atoms with Gasteiger partial charge in [0.05, 0.1) is 18.9 Å². The molecule has 1 fully saturated rings. The first-order valence-corrected chi connectivity index (χ1v) is 11.0. The highest BCUT2D eigenvalue weighted by molar-refractivity contribution is 5.95. The minimum Gasteiger partial charge on any atom is -0.469 e. The molecule has 29 heavy (non-hydrogen) atoms. The molecule has 0 heterocycles. The Morgan fingerprint density at radius 3 is 2.69 bits per heavy atom. The summed E-state index contributed by atoms with van der Waals surface area (Å²) in [4.78, 5) is 37.7. The Hall–Kier alpha value is -1.97. The van der Waals surface area contributed by atoms with Gasteiger partial charge in [-0.25, -0.2) is 0 Å². The fourth-order valence-electron chi connectivity index (χ4n) is 7.39. The molecule has 4 nitrogen and oxygen atoms in total. The molecule has 1 saturated carbocycles. The van der Waals surface area contributed by atoms with E-state index in [1.807, 2.05) is 6.08 Å². The Labute approximate surface area is 172 Å². The van der Waals surface area contributed by atoms with Gasteiger partial charge in [-0.15, -0.1) is 0 Å². The van der Waals surface area contributed by atoms with Crippen LogP contribution in [-0.4, -0.2) is 24.6 Å². The number of rotatable bonds is 2. The largest absolute Gasteiger partial charge is 0.469 e. The van der Waals surface area contributed by atoms with Crippen LogP contribution in [0.4, 0.5) is 0 Å². The molecule has 5 rings (SSSR count). The molecule has 0 amide bonds. The summed E-state index contributed by atoms with van der Waals surface area (Å²) in [5, 5.41) is 0. The minimum atomic E-state index is -0.359. The van der Waals surface area contributed by atoms with Crippen LogP contribution in [0.3, 0.4) is 0 Å². The van der Waals surface area contributed by atoms with E-state index in [1.165, 1.54) is 29.4 Å². The highest BCUT2D eigenvalue weighted by Crippen LogP contribution is 2.70. The zero-order valence-electron chi connectivity index (χ0n) is 17.7. The summed E-state index contributed by atoms with van der Waals surface area (Å²) >= 11 is 0. The third-order valence-electron chi connectivity index (χ3n) is 9.09. The second-order valence-corrected chi connectivity index (χ2v) is 10.3. The average Bonchev–Trinajstić information content (AvgIpc) is 3.13. The van der Waals surface area contributed by atoms with E-state index in [2.05, 4.69) is 19.9 Å². The molecular formula is C25H30O4. The van der Waals surface area contributed by atoms with Crippen molar-refractivity contribution < 1.29 is 19.1 Å². The summed E-state index contributed by atoms with van der Waals surface area (Å²) in [6.45, 7) is 4.57. The van der Waals surface area contributed by atoms with E-state index in [9.17, 15) is 14.4 Å². The lowest BCUT2D eigenvalue weighted by Gasteiger charge is -2.52. The maximum Gasteiger partial charge on any atom is 0.306 e. The van der Waals surface area contributed by atoms with E-state index in [0.717, 1.165) is 32.1 Å². The summed E-state index contributed by atoms with van der Waals surface area (Å²) in [5.41, 5.74) is 4.62. The van der Waals surface area contributed by atoms with Crippen molar-refractivity contribution in [2.24, 2.45) is 22.2 Å². The van der Waals surface area contributed by atoms with Gasteiger partial charge in [0.1, 0.15) is 5.78 Å². The van der Waals surface area contributed by atoms with Crippen molar-refractivity contribution in [1.82, 2.24) is 0 Å². The van der Waals surface area contributed by atoms with E-state index in [0.29, 0.717) is 31.5 Å². The molecule has 4 atom stereocenters. The van der Waals surface area contributed by atoms with E-state index in [1.54, 1.807) is 0 Å². The standard InChI is InChI=1S/C25H30O4/c1-23-8-5-19-22-15(13-21(28)29-3)12-16-14-17(26)4-10-24(16,2)18(22)6-11-25(19,23)20(27)7-9-23/h5,14-15H,4,6-13H2,1-3H3/t15?,23-,24?,25?/m0/s1. The molecule has 0 N–H and O–H groups in total. The van der Waals surface area contributed by atoms with Crippen molar-refractivity contribution in [2.45, 2.75) is 71.6 Å². The van der Waals surface area contributed by atoms with Crippen LogP contribution in [0.2, 0.25) is 0 Å². The first kappa shape index (κ1) is 19.0. The number of carbonyl (C=O) groups is 3. The number of methoxy groups -OCH3 is 1. The Morgan fingerprint density at radius 1 is 1.14 bits per heavy atom. The highest BCUT2D eigenvalue weighted by Gasteiger charge is 2.64. The van der Waals surface area contributed by atoms with Crippen LogP contribution in [-0.2, 0) is 19.1 Å². The Balaban J connectivity index is 1.70. The maximum atomic E-state index is 13.3. The third kappa shape index (κ3) is 2.29. The van der Waals surface area contributed by atoms with Crippen molar-refractivity contribution in [3.63, 3.8) is 0 Å². The van der Waals surface area contributed by atoms with E-state index in [-0.39, 0.29) is 33.9 Å². The van der Waals surface area contributed by atoms with Crippen LogP contribution in [0.1, 0.15) is 71.6 Å². The third-order valence-corrected chi connectivity index (χ3v) is 9.09. The quantitative estimate of drug-likeness (QED) is 0.640. The molecule has 0 radical (unpaired) electrons. The summed E-state index contributed by atoms with van der Waals surface area (Å²) < 4.78 is 5.02. The average molecular weight is 395 g/mol. The number of Topliss-reactive ketones (excluding diaryl/α,β-unsaturated/α-hetero) is 1. The Bertz CT molecular complexity index is 934. The fourth-order valence-corrected chi connectivity index (χ4v) is 7.39. The monoisotopic (exact) mass is 394 g/mol. The first-order valence-electron chi connectivity index (χ1n) is 11.0. The van der Waals surface area contributed by atoms with Gasteiger partial charge in [-0.05, 0) is 67.1 Å². The molecule has 154 valence electrons. The SMILES string of the molecule is COC(=O)CC1CC2=CC(=O)CCC2(C)C2=C1C1=CC[C@@]3(C)CCC(=O)C13CC2. The lowest BCUT2D eigenvalue weighted by molar-refractivity contribution is -0.141. The second kappa shape index (κ2) is 6.02. The van der Waals surface area contributed by atoms with Gasteiger partial charge in [-0.3, -0.25) is 14.4 Å². The van der Waals surface area contributed by atoms with Gasteiger partial charge in [0.15, 0.2) is 5.78 Å². The second-order valence-electron chi connectivity index (χ2n) is 10.3. The van der Waals surface area contributed by atoms with Gasteiger partial charge in [-0.2, -0.15) is 0 Å². The predicted octanol–water partition coefficient (Wildman–Crippen LogP) is 4.64. The number of fused-ring (bicyclic) bond motifs is 3. The van der Waals surface area contributed by atoms with Crippen molar-refractivity contribution in [3.05, 3.63) is 34.4 Å². The molecule has 5 aliphatic carbocycles. The number of allylic oxidation sites excluding steroid dienone is 6. The van der Waals surface area contributed by atoms with Gasteiger partial charge in [0.2, 0.25) is 0 Å². The predicted molar refractivity (Wildman–Crippen MR) is 109 cm³/mol. The summed E-state index contributed by atoms with van der Waals surface area (Å²) in [5.74, 6) is 0.385. The van der Waals surface area contributed by atoms with Crippen molar-refractivity contribution in [1.29, 1.82) is 0 Å². The van der Waals surface area contributed by atoms with Crippen LogP contribution in [0.25, 0.3) is 0 Å². The minimum absolute atomic E-state index is 0.00171. The molecule has 0 aromatic heterocycles. The zero-order chi connectivity index (χ0) is 20.6. The number of esters is 1. The van der Waals surface area contributed by atoms with Crippen LogP contribution < -0.4 is 0 Å². The van der Waals surface area contributed by atoms with E-state index in [4.69, 9.17) is 4.74 Å². The molecule has 5 aliphatic rings. The topological polar surface area (TPSA) is 60.4 Å². The number of ether oxygens (including phenoxy) is 1. The summed E-state index contributed by atoms with van der Waals surface area (Å²) in [7, 11) is 1.43. The maximum absolute atomic E-state index is 13.3. The number of hydrogen-bond acceptors (Lipinski definition) is 4. The zero-order valence-corrected chi connectivity index (χ0v) is 17.7. The van der Waals surface area contributed by atoms with Crippen LogP contribution in [0.5, 0.6) is 0 Å². The van der Waals surface area contributed by atoms with Gasteiger partial charge in [0.25, 0.3) is 0 Å². The first-order chi connectivity index (χ1) is 13.7. The highest BCUT2D eigenvalue weighted by atomic mass is 16.5. The van der Waals surface area contributed by atoms with Gasteiger partial charge < -0.3 is 4.74 Å². The lowest BCUT2D eigenvalue weighted by atomic mass is 9.50. The summed E-state index contributed by atoms with van der Waals surface area (Å²) in [6.07, 6.45) is 11.0. The Kier molecular flexibility index (Phi) is 3.95. The molecule has 0 aliphatic heterocycles. The van der Waals surface area contributed by atoms with Crippen LogP contribution in [0, 0.1) is 22.2 Å². The molecule has 0 aromatic carbocycles. The molecule has 0 saturated heterocycles. The lowest BCUT2D eigenvalue weighted by Crippen LogP contribution is -2.45. The number of ketones is 2. The molecule has 4 heteroatoms. The van der Waals surface area contributed by atoms with Crippen LogP contribution >= 0.6 is 0 Å². The molecule has 0 aromatic rings. The number of carbonyl (C=O) groups excluding carboxylic acids is 3. The smallest absolute Gasteiger partial charge is 0.306 e. The van der Waals surface area contributed by atoms with Crippen LogP contribution in [0.15, 0.2) is 34.4 Å². The number of hydrogen-bond donors (Lipinski definition) is 0.